The van der Waals surface area contributed by atoms with Gasteiger partial charge in [0.2, 0.25) is 0 Å². The van der Waals surface area contributed by atoms with Crippen molar-refractivity contribution in [3.8, 4) is 0 Å². The second-order valence-electron chi connectivity index (χ2n) is 3.96. The van der Waals surface area contributed by atoms with E-state index < -0.39 is 6.10 Å². The van der Waals surface area contributed by atoms with Crippen LogP contribution in [0, 0.1) is 6.92 Å². The zero-order chi connectivity index (χ0) is 12.4. The average molecular weight is 332 g/mol. The van der Waals surface area contributed by atoms with Crippen LogP contribution in [0.25, 0.3) is 0 Å². The smallest absolute Gasteiger partial charge is 0.0838 e. The number of hydrogen-bond acceptors (Lipinski definition) is 2. The third-order valence-electron chi connectivity index (χ3n) is 2.58. The molecule has 0 aliphatic heterocycles. The van der Waals surface area contributed by atoms with Crippen LogP contribution in [0.3, 0.4) is 0 Å². The largest absolute Gasteiger partial charge is 0.388 e. The van der Waals surface area contributed by atoms with Gasteiger partial charge in [-0.25, -0.2) is 0 Å². The second kappa shape index (κ2) is 5.53. The molecule has 0 aliphatic carbocycles. The van der Waals surface area contributed by atoms with Gasteiger partial charge in [-0.1, -0.05) is 23.7 Å². The Hall–Kier alpha value is -0.350. The fraction of sp³-hybridized carbons (Fsp3) is 0.231. The van der Waals surface area contributed by atoms with Crippen molar-refractivity contribution < 1.29 is 5.11 Å². The summed E-state index contributed by atoms with van der Waals surface area (Å²) in [6.07, 6.45) is 0.161. The maximum Gasteiger partial charge on any atom is 0.0838 e. The molecule has 1 atom stereocenters. The Morgan fingerprint density at radius 1 is 1.41 bits per heavy atom. The summed E-state index contributed by atoms with van der Waals surface area (Å²) in [7, 11) is 0. The van der Waals surface area contributed by atoms with E-state index in [-0.39, 0.29) is 0 Å². The predicted octanol–water partition coefficient (Wildman–Crippen LogP) is 4.75. The van der Waals surface area contributed by atoms with Gasteiger partial charge in [-0.15, -0.1) is 11.3 Å². The Labute approximate surface area is 118 Å². The van der Waals surface area contributed by atoms with Crippen LogP contribution in [0.1, 0.15) is 22.1 Å². The predicted molar refractivity (Wildman–Crippen MR) is 76.9 cm³/mol. The molecule has 1 N–H and O–H groups in total. The van der Waals surface area contributed by atoms with Gasteiger partial charge in [0.25, 0.3) is 0 Å². The van der Waals surface area contributed by atoms with Crippen molar-refractivity contribution in [1.82, 2.24) is 0 Å². The molecule has 2 aromatic rings. The summed E-state index contributed by atoms with van der Waals surface area (Å²) in [4.78, 5) is 1.16. The summed E-state index contributed by atoms with van der Waals surface area (Å²) in [5, 5.41) is 12.9. The lowest BCUT2D eigenvalue weighted by molar-refractivity contribution is 0.179. The number of benzene rings is 1. The highest BCUT2D eigenvalue weighted by Crippen LogP contribution is 2.27. The Bertz CT molecular complexity index is 524. The Morgan fingerprint density at radius 2 is 2.18 bits per heavy atom. The Morgan fingerprint density at radius 3 is 2.76 bits per heavy atom. The first-order valence-corrected chi connectivity index (χ1v) is 7.28. The van der Waals surface area contributed by atoms with Crippen LogP contribution >= 0.6 is 38.9 Å². The molecule has 1 heterocycles. The Kier molecular flexibility index (Phi) is 4.26. The van der Waals surface area contributed by atoms with E-state index in [1.54, 1.807) is 11.3 Å². The summed E-state index contributed by atoms with van der Waals surface area (Å²) in [6.45, 7) is 1.94. The van der Waals surface area contributed by atoms with Crippen molar-refractivity contribution in [3.63, 3.8) is 0 Å². The zero-order valence-electron chi connectivity index (χ0n) is 9.28. The van der Waals surface area contributed by atoms with E-state index in [4.69, 9.17) is 11.6 Å². The molecule has 17 heavy (non-hydrogen) atoms. The maximum atomic E-state index is 10.1. The molecule has 1 nitrogen and oxygen atoms in total. The van der Waals surface area contributed by atoms with E-state index in [2.05, 4.69) is 15.9 Å². The van der Waals surface area contributed by atoms with E-state index >= 15 is 0 Å². The quantitative estimate of drug-likeness (QED) is 0.860. The third-order valence-corrected chi connectivity index (χ3v) is 4.73. The molecule has 2 rings (SSSR count). The first-order valence-electron chi connectivity index (χ1n) is 5.23. The molecule has 90 valence electrons. The van der Waals surface area contributed by atoms with Crippen molar-refractivity contribution in [2.24, 2.45) is 0 Å². The summed E-state index contributed by atoms with van der Waals surface area (Å²) < 4.78 is 1.07. The zero-order valence-corrected chi connectivity index (χ0v) is 12.4. The Balaban J connectivity index is 2.14. The fourth-order valence-corrected chi connectivity index (χ4v) is 3.25. The van der Waals surface area contributed by atoms with E-state index in [0.717, 1.165) is 25.5 Å². The van der Waals surface area contributed by atoms with E-state index in [0.29, 0.717) is 6.42 Å². The fourth-order valence-electron chi connectivity index (χ4n) is 1.64. The molecule has 1 aromatic heterocycles. The first kappa shape index (κ1) is 13.1. The van der Waals surface area contributed by atoms with Gasteiger partial charge in [0.1, 0.15) is 0 Å². The molecule has 0 aliphatic rings. The van der Waals surface area contributed by atoms with Gasteiger partial charge in [-0.2, -0.15) is 0 Å². The van der Waals surface area contributed by atoms with Crippen molar-refractivity contribution in [2.75, 3.05) is 0 Å². The van der Waals surface area contributed by atoms with Crippen molar-refractivity contribution in [1.29, 1.82) is 0 Å². The van der Waals surface area contributed by atoms with Gasteiger partial charge < -0.3 is 5.11 Å². The first-order chi connectivity index (χ1) is 8.06. The monoisotopic (exact) mass is 330 g/mol. The maximum absolute atomic E-state index is 10.1. The number of aliphatic hydroxyl groups excluding tert-OH is 1. The molecule has 0 bridgehead atoms. The van der Waals surface area contributed by atoms with Crippen LogP contribution < -0.4 is 0 Å². The van der Waals surface area contributed by atoms with Gasteiger partial charge in [0.15, 0.2) is 0 Å². The highest BCUT2D eigenvalue weighted by molar-refractivity contribution is 9.10. The van der Waals surface area contributed by atoms with Gasteiger partial charge in [0, 0.05) is 26.2 Å². The summed E-state index contributed by atoms with van der Waals surface area (Å²) in [6, 6.07) is 7.69. The van der Waals surface area contributed by atoms with Crippen molar-refractivity contribution in [2.45, 2.75) is 19.4 Å². The topological polar surface area (TPSA) is 20.2 Å². The standard InChI is InChI=1S/C13H12BrClOS/c1-8-4-9(2-3-12(8)15)13(16)6-11-5-10(14)7-17-11/h2-5,7,13,16H,6H2,1H3. The van der Waals surface area contributed by atoms with Crippen molar-refractivity contribution >= 4 is 38.9 Å². The van der Waals surface area contributed by atoms with Crippen LogP contribution in [-0.4, -0.2) is 5.11 Å². The minimum atomic E-state index is -0.475. The highest BCUT2D eigenvalue weighted by Gasteiger charge is 2.11. The summed E-state index contributed by atoms with van der Waals surface area (Å²) in [5.41, 5.74) is 1.91. The normalized spacial score (nSPS) is 12.7. The summed E-state index contributed by atoms with van der Waals surface area (Å²) in [5.74, 6) is 0. The summed E-state index contributed by atoms with van der Waals surface area (Å²) >= 11 is 11.0. The van der Waals surface area contributed by atoms with Crippen LogP contribution in [-0.2, 0) is 6.42 Å². The number of hydrogen-bond donors (Lipinski definition) is 1. The molecule has 0 spiro atoms. The molecule has 1 aromatic carbocycles. The second-order valence-corrected chi connectivity index (χ2v) is 6.28. The molecule has 4 heteroatoms. The number of halogens is 2. The number of aliphatic hydroxyl groups is 1. The van der Waals surface area contributed by atoms with Gasteiger partial charge in [-0.05, 0) is 46.1 Å². The molecular weight excluding hydrogens is 320 g/mol. The minimum Gasteiger partial charge on any atom is -0.388 e. The molecular formula is C13H12BrClOS. The number of rotatable bonds is 3. The van der Waals surface area contributed by atoms with Crippen LogP contribution in [0.15, 0.2) is 34.1 Å². The number of thiophene rings is 1. The third kappa shape index (κ3) is 3.32. The molecule has 0 saturated carbocycles. The van der Waals surface area contributed by atoms with E-state index in [1.165, 1.54) is 0 Å². The average Bonchev–Trinajstić information content (AvgIpc) is 2.68. The molecule has 0 saturated heterocycles. The lowest BCUT2D eigenvalue weighted by Crippen LogP contribution is -2.00. The van der Waals surface area contributed by atoms with Crippen molar-refractivity contribution in [3.05, 3.63) is 55.1 Å². The molecule has 0 amide bonds. The lowest BCUT2D eigenvalue weighted by atomic mass is 10.0. The van der Waals surface area contributed by atoms with Crippen LogP contribution in [0.2, 0.25) is 5.02 Å². The van der Waals surface area contributed by atoms with Gasteiger partial charge in [0.05, 0.1) is 6.10 Å². The molecule has 0 fully saturated rings. The molecule has 0 radical (unpaired) electrons. The van der Waals surface area contributed by atoms with Crippen LogP contribution in [0.4, 0.5) is 0 Å². The SMILES string of the molecule is Cc1cc(C(O)Cc2cc(Br)cs2)ccc1Cl. The van der Waals surface area contributed by atoms with Gasteiger partial charge >= 0.3 is 0 Å². The van der Waals surface area contributed by atoms with Gasteiger partial charge in [-0.3, -0.25) is 0 Å². The highest BCUT2D eigenvalue weighted by atomic mass is 79.9. The molecule has 1 unspecified atom stereocenters. The minimum absolute atomic E-state index is 0.475. The van der Waals surface area contributed by atoms with E-state index in [1.807, 2.05) is 36.6 Å². The lowest BCUT2D eigenvalue weighted by Gasteiger charge is -2.11. The van der Waals surface area contributed by atoms with Crippen LogP contribution in [0.5, 0.6) is 0 Å². The number of aryl methyl sites for hydroxylation is 1. The van der Waals surface area contributed by atoms with E-state index in [9.17, 15) is 5.11 Å².